The zero-order valence-corrected chi connectivity index (χ0v) is 10.9. The third-order valence-electron chi connectivity index (χ3n) is 4.42. The molecule has 3 heteroatoms. The third kappa shape index (κ3) is 2.76. The van der Waals surface area contributed by atoms with Crippen LogP contribution in [0.15, 0.2) is 0 Å². The van der Waals surface area contributed by atoms with Gasteiger partial charge in [-0.15, -0.1) is 0 Å². The minimum Gasteiger partial charge on any atom is -0.330 e. The molecule has 1 saturated heterocycles. The van der Waals surface area contributed by atoms with Crippen LogP contribution < -0.4 is 5.73 Å². The predicted molar refractivity (Wildman–Crippen MR) is 68.5 cm³/mol. The normalized spacial score (nSPS) is 28.9. The number of hydrogen-bond donors (Lipinski definition) is 1. The van der Waals surface area contributed by atoms with Crippen LogP contribution in [0.5, 0.6) is 0 Å². The van der Waals surface area contributed by atoms with Crippen molar-refractivity contribution in [1.82, 2.24) is 9.80 Å². The maximum Gasteiger partial charge on any atom is 0.0223 e. The van der Waals surface area contributed by atoms with Crippen LogP contribution in [-0.2, 0) is 0 Å². The average molecular weight is 225 g/mol. The third-order valence-corrected chi connectivity index (χ3v) is 4.42. The van der Waals surface area contributed by atoms with E-state index in [0.717, 1.165) is 12.6 Å². The Hall–Kier alpha value is -0.120. The fourth-order valence-electron chi connectivity index (χ4n) is 3.12. The Morgan fingerprint density at radius 1 is 1.44 bits per heavy atom. The van der Waals surface area contributed by atoms with Crippen molar-refractivity contribution in [3.8, 4) is 0 Å². The van der Waals surface area contributed by atoms with Gasteiger partial charge in [0.05, 0.1) is 0 Å². The van der Waals surface area contributed by atoms with Crippen LogP contribution in [0.1, 0.15) is 32.6 Å². The van der Waals surface area contributed by atoms with E-state index in [2.05, 4.69) is 23.8 Å². The summed E-state index contributed by atoms with van der Waals surface area (Å²) in [6.07, 6.45) is 5.45. The van der Waals surface area contributed by atoms with E-state index in [-0.39, 0.29) is 0 Å². The Morgan fingerprint density at radius 2 is 2.19 bits per heavy atom. The molecule has 1 unspecified atom stereocenters. The molecule has 2 aliphatic rings. The van der Waals surface area contributed by atoms with Gasteiger partial charge in [-0.2, -0.15) is 0 Å². The predicted octanol–water partition coefficient (Wildman–Crippen LogP) is 1.14. The van der Waals surface area contributed by atoms with Crippen LogP contribution in [0.2, 0.25) is 0 Å². The molecule has 0 aromatic carbocycles. The monoisotopic (exact) mass is 225 g/mol. The highest BCUT2D eigenvalue weighted by Crippen LogP contribution is 2.44. The van der Waals surface area contributed by atoms with E-state index in [1.165, 1.54) is 51.9 Å². The Kier molecular flexibility index (Phi) is 3.88. The fraction of sp³-hybridized carbons (Fsp3) is 1.00. The SMILES string of the molecule is CCN1CCCC1CN(C)CC1(CN)CC1. The topological polar surface area (TPSA) is 32.5 Å². The van der Waals surface area contributed by atoms with E-state index in [1.54, 1.807) is 0 Å². The molecule has 0 bridgehead atoms. The molecule has 2 rings (SSSR count). The molecule has 2 fully saturated rings. The maximum atomic E-state index is 5.84. The van der Waals surface area contributed by atoms with Crippen molar-refractivity contribution >= 4 is 0 Å². The van der Waals surface area contributed by atoms with E-state index in [0.29, 0.717) is 5.41 Å². The largest absolute Gasteiger partial charge is 0.330 e. The van der Waals surface area contributed by atoms with Gasteiger partial charge < -0.3 is 10.6 Å². The summed E-state index contributed by atoms with van der Waals surface area (Å²) in [6.45, 7) is 8.10. The Bertz CT molecular complexity index is 225. The zero-order valence-electron chi connectivity index (χ0n) is 10.9. The van der Waals surface area contributed by atoms with Crippen molar-refractivity contribution in [2.24, 2.45) is 11.1 Å². The molecule has 0 aromatic rings. The lowest BCUT2D eigenvalue weighted by atomic mass is 10.1. The molecule has 0 aromatic heterocycles. The zero-order chi connectivity index (χ0) is 11.6. The molecule has 3 nitrogen and oxygen atoms in total. The second-order valence-electron chi connectivity index (χ2n) is 5.83. The van der Waals surface area contributed by atoms with E-state index in [4.69, 9.17) is 5.73 Å². The smallest absolute Gasteiger partial charge is 0.0223 e. The first-order valence-corrected chi connectivity index (χ1v) is 6.82. The number of nitrogens with zero attached hydrogens (tertiary/aromatic N) is 2. The van der Waals surface area contributed by atoms with E-state index in [9.17, 15) is 0 Å². The maximum absolute atomic E-state index is 5.84. The van der Waals surface area contributed by atoms with Crippen molar-refractivity contribution in [2.75, 3.05) is 39.8 Å². The van der Waals surface area contributed by atoms with Gasteiger partial charge >= 0.3 is 0 Å². The summed E-state index contributed by atoms with van der Waals surface area (Å²) in [4.78, 5) is 5.14. The molecular weight excluding hydrogens is 198 g/mol. The first kappa shape index (κ1) is 12.3. The lowest BCUT2D eigenvalue weighted by Crippen LogP contribution is -2.41. The fourth-order valence-corrected chi connectivity index (χ4v) is 3.12. The Morgan fingerprint density at radius 3 is 2.75 bits per heavy atom. The molecule has 1 heterocycles. The van der Waals surface area contributed by atoms with Crippen LogP contribution in [0.3, 0.4) is 0 Å². The molecular formula is C13H27N3. The second-order valence-corrected chi connectivity index (χ2v) is 5.83. The van der Waals surface area contributed by atoms with E-state index >= 15 is 0 Å². The van der Waals surface area contributed by atoms with Crippen LogP contribution in [0, 0.1) is 5.41 Å². The summed E-state index contributed by atoms with van der Waals surface area (Å²) in [5.74, 6) is 0. The molecule has 1 aliphatic carbocycles. The molecule has 1 saturated carbocycles. The van der Waals surface area contributed by atoms with Gasteiger partial charge in [-0.25, -0.2) is 0 Å². The first-order valence-electron chi connectivity index (χ1n) is 6.82. The van der Waals surface area contributed by atoms with Crippen molar-refractivity contribution in [2.45, 2.75) is 38.6 Å². The molecule has 94 valence electrons. The minimum atomic E-state index is 0.490. The standard InChI is InChI=1S/C13H27N3/c1-3-16-8-4-5-12(16)9-15(2)11-13(10-14)6-7-13/h12H,3-11,14H2,1-2H3. The van der Waals surface area contributed by atoms with Crippen molar-refractivity contribution in [1.29, 1.82) is 0 Å². The second kappa shape index (κ2) is 5.03. The van der Waals surface area contributed by atoms with Gasteiger partial charge in [0.25, 0.3) is 0 Å². The van der Waals surface area contributed by atoms with Gasteiger partial charge in [0, 0.05) is 19.1 Å². The highest BCUT2D eigenvalue weighted by atomic mass is 15.2. The minimum absolute atomic E-state index is 0.490. The summed E-state index contributed by atoms with van der Waals surface area (Å²) in [5, 5.41) is 0. The summed E-state index contributed by atoms with van der Waals surface area (Å²) < 4.78 is 0. The quantitative estimate of drug-likeness (QED) is 0.736. The van der Waals surface area contributed by atoms with Gasteiger partial charge in [-0.05, 0) is 57.8 Å². The molecule has 0 spiro atoms. The average Bonchev–Trinajstić information content (AvgIpc) is 2.89. The van der Waals surface area contributed by atoms with Gasteiger partial charge in [0.2, 0.25) is 0 Å². The van der Waals surface area contributed by atoms with E-state index < -0.39 is 0 Å². The van der Waals surface area contributed by atoms with Crippen LogP contribution in [0.25, 0.3) is 0 Å². The molecule has 0 amide bonds. The van der Waals surface area contributed by atoms with Gasteiger partial charge in [-0.3, -0.25) is 4.90 Å². The van der Waals surface area contributed by atoms with Crippen molar-refractivity contribution in [3.05, 3.63) is 0 Å². The summed E-state index contributed by atoms with van der Waals surface area (Å²) in [7, 11) is 2.27. The number of hydrogen-bond acceptors (Lipinski definition) is 3. The van der Waals surface area contributed by atoms with Crippen LogP contribution in [-0.4, -0.2) is 55.6 Å². The highest BCUT2D eigenvalue weighted by molar-refractivity contribution is 4.96. The Balaban J connectivity index is 1.76. The van der Waals surface area contributed by atoms with Gasteiger partial charge in [0.1, 0.15) is 0 Å². The van der Waals surface area contributed by atoms with Gasteiger partial charge in [0.15, 0.2) is 0 Å². The first-order chi connectivity index (χ1) is 7.69. The summed E-state index contributed by atoms with van der Waals surface area (Å²) >= 11 is 0. The Labute approximate surface area is 100.0 Å². The number of likely N-dealkylation sites (tertiary alicyclic amines) is 1. The van der Waals surface area contributed by atoms with Crippen molar-refractivity contribution < 1.29 is 0 Å². The molecule has 0 radical (unpaired) electrons. The molecule has 1 aliphatic heterocycles. The number of rotatable bonds is 6. The van der Waals surface area contributed by atoms with Crippen LogP contribution >= 0.6 is 0 Å². The van der Waals surface area contributed by atoms with E-state index in [1.807, 2.05) is 0 Å². The summed E-state index contributed by atoms with van der Waals surface area (Å²) in [5.41, 5.74) is 6.33. The number of likely N-dealkylation sites (N-methyl/N-ethyl adjacent to an activating group) is 2. The number of nitrogens with two attached hydrogens (primary N) is 1. The molecule has 2 N–H and O–H groups in total. The van der Waals surface area contributed by atoms with Gasteiger partial charge in [-0.1, -0.05) is 6.92 Å². The molecule has 1 atom stereocenters. The summed E-state index contributed by atoms with van der Waals surface area (Å²) in [6, 6.07) is 0.795. The lowest BCUT2D eigenvalue weighted by Gasteiger charge is -2.29. The highest BCUT2D eigenvalue weighted by Gasteiger charge is 2.42. The van der Waals surface area contributed by atoms with Crippen LogP contribution in [0.4, 0.5) is 0 Å². The molecule has 16 heavy (non-hydrogen) atoms. The van der Waals surface area contributed by atoms with Crippen molar-refractivity contribution in [3.63, 3.8) is 0 Å². The lowest BCUT2D eigenvalue weighted by molar-refractivity contribution is 0.179.